The van der Waals surface area contributed by atoms with Gasteiger partial charge in [-0.15, -0.1) is 11.3 Å². The van der Waals surface area contributed by atoms with Crippen molar-refractivity contribution < 1.29 is 9.53 Å². The first-order valence-electron chi connectivity index (χ1n) is 8.99. The maximum Gasteiger partial charge on any atom is 0.265 e. The van der Waals surface area contributed by atoms with E-state index in [2.05, 4.69) is 14.5 Å². The van der Waals surface area contributed by atoms with Gasteiger partial charge in [-0.25, -0.2) is 9.97 Å². The number of hydrogen-bond donors (Lipinski definition) is 0. The maximum atomic E-state index is 13.0. The number of hydrogen-bond acceptors (Lipinski definition) is 5. The van der Waals surface area contributed by atoms with Crippen LogP contribution in [0.5, 0.6) is 5.75 Å². The molecule has 0 saturated carbocycles. The Hall–Kier alpha value is -2.67. The lowest BCUT2D eigenvalue weighted by Crippen LogP contribution is -2.33. The van der Waals surface area contributed by atoms with Crippen molar-refractivity contribution in [3.63, 3.8) is 0 Å². The number of amides is 1. The Morgan fingerprint density at radius 2 is 2.00 bits per heavy atom. The second kappa shape index (κ2) is 7.15. The van der Waals surface area contributed by atoms with Gasteiger partial charge >= 0.3 is 0 Å². The van der Waals surface area contributed by atoms with E-state index in [4.69, 9.17) is 4.74 Å². The van der Waals surface area contributed by atoms with Crippen LogP contribution in [0.3, 0.4) is 0 Å². The van der Waals surface area contributed by atoms with E-state index < -0.39 is 0 Å². The summed E-state index contributed by atoms with van der Waals surface area (Å²) in [6.07, 6.45) is 2.64. The quantitative estimate of drug-likeness (QED) is 0.697. The Balaban J connectivity index is 1.60. The third-order valence-corrected chi connectivity index (χ3v) is 5.97. The summed E-state index contributed by atoms with van der Waals surface area (Å²) in [6, 6.07) is 7.96. The number of nitrogens with zero attached hydrogens (tertiary/aromatic N) is 4. The molecule has 1 aliphatic heterocycles. The predicted molar refractivity (Wildman–Crippen MR) is 105 cm³/mol. The van der Waals surface area contributed by atoms with Crippen LogP contribution < -0.4 is 4.74 Å². The van der Waals surface area contributed by atoms with E-state index in [0.717, 1.165) is 44.8 Å². The molecule has 0 bridgehead atoms. The van der Waals surface area contributed by atoms with Crippen molar-refractivity contribution in [3.05, 3.63) is 51.9 Å². The smallest absolute Gasteiger partial charge is 0.265 e. The second-order valence-electron chi connectivity index (χ2n) is 6.60. The molecule has 3 aromatic rings. The first kappa shape index (κ1) is 17.7. The molecule has 0 radical (unpaired) electrons. The molecule has 2 aromatic heterocycles. The fraction of sp³-hybridized carbons (Fsp3) is 0.350. The minimum atomic E-state index is 0.0719. The molecule has 1 aromatic carbocycles. The van der Waals surface area contributed by atoms with Crippen molar-refractivity contribution in [2.24, 2.45) is 0 Å². The lowest BCUT2D eigenvalue weighted by atomic mass is 10.1. The van der Waals surface area contributed by atoms with Gasteiger partial charge in [0.05, 0.1) is 29.7 Å². The summed E-state index contributed by atoms with van der Waals surface area (Å²) in [5, 5.41) is 0.928. The highest BCUT2D eigenvalue weighted by Gasteiger charge is 2.25. The van der Waals surface area contributed by atoms with Gasteiger partial charge in [0.1, 0.15) is 16.5 Å². The molecule has 0 fully saturated rings. The maximum absolute atomic E-state index is 13.0. The molecule has 3 heterocycles. The monoisotopic (exact) mass is 382 g/mol. The molecule has 1 amide bonds. The van der Waals surface area contributed by atoms with Gasteiger partial charge in [0.2, 0.25) is 0 Å². The van der Waals surface area contributed by atoms with Crippen LogP contribution in [0.4, 0.5) is 0 Å². The number of aromatic nitrogens is 3. The molecule has 4 rings (SSSR count). The Kier molecular flexibility index (Phi) is 4.70. The standard InChI is InChI=1S/C20H22N4O2S/c1-13-19(27-14(2)22-13)20(25)23-9-8-18-21-12-16(24(18)11-10-23)15-6-4-5-7-17(15)26-3/h4-7,12H,8-11H2,1-3H3. The molecule has 6 nitrogen and oxygen atoms in total. The Labute approximate surface area is 162 Å². The van der Waals surface area contributed by atoms with Crippen LogP contribution in [0.25, 0.3) is 11.3 Å². The number of rotatable bonds is 3. The van der Waals surface area contributed by atoms with E-state index in [1.807, 2.05) is 49.2 Å². The van der Waals surface area contributed by atoms with E-state index in [1.54, 1.807) is 7.11 Å². The Morgan fingerprint density at radius 3 is 2.74 bits per heavy atom. The molecule has 0 saturated heterocycles. The van der Waals surface area contributed by atoms with Crippen molar-refractivity contribution in [3.8, 4) is 17.0 Å². The molecule has 0 spiro atoms. The van der Waals surface area contributed by atoms with E-state index >= 15 is 0 Å². The van der Waals surface area contributed by atoms with Crippen molar-refractivity contribution >= 4 is 17.2 Å². The first-order valence-corrected chi connectivity index (χ1v) is 9.81. The minimum absolute atomic E-state index is 0.0719. The van der Waals surface area contributed by atoms with Gasteiger partial charge in [0.15, 0.2) is 0 Å². The predicted octanol–water partition coefficient (Wildman–Crippen LogP) is 3.33. The molecule has 0 N–H and O–H groups in total. The topological polar surface area (TPSA) is 60.2 Å². The van der Waals surface area contributed by atoms with Crippen molar-refractivity contribution in [1.82, 2.24) is 19.4 Å². The number of ether oxygens (including phenoxy) is 1. The van der Waals surface area contributed by atoms with E-state index in [9.17, 15) is 4.79 Å². The van der Waals surface area contributed by atoms with Crippen molar-refractivity contribution in [2.45, 2.75) is 26.8 Å². The molecule has 7 heteroatoms. The fourth-order valence-corrected chi connectivity index (χ4v) is 4.47. The molecule has 27 heavy (non-hydrogen) atoms. The van der Waals surface area contributed by atoms with Crippen LogP contribution >= 0.6 is 11.3 Å². The molecule has 0 unspecified atom stereocenters. The number of aryl methyl sites for hydroxylation is 2. The summed E-state index contributed by atoms with van der Waals surface area (Å²) in [5.74, 6) is 1.90. The number of carbonyl (C=O) groups is 1. The second-order valence-corrected chi connectivity index (χ2v) is 7.80. The molecule has 0 atom stereocenters. The van der Waals surface area contributed by atoms with Crippen molar-refractivity contribution in [1.29, 1.82) is 0 Å². The first-order chi connectivity index (χ1) is 13.1. The van der Waals surface area contributed by atoms with Gasteiger partial charge in [-0.3, -0.25) is 4.79 Å². The largest absolute Gasteiger partial charge is 0.496 e. The number of carbonyl (C=O) groups excluding carboxylic acids is 1. The lowest BCUT2D eigenvalue weighted by Gasteiger charge is -2.19. The SMILES string of the molecule is COc1ccccc1-c1cnc2n1CCN(C(=O)c1sc(C)nc1C)CC2. The average Bonchev–Trinajstić information content (AvgIpc) is 3.16. The van der Waals surface area contributed by atoms with Crippen LogP contribution in [-0.4, -0.2) is 45.5 Å². The third-order valence-electron chi connectivity index (χ3n) is 4.90. The number of thiazole rings is 1. The summed E-state index contributed by atoms with van der Waals surface area (Å²) in [7, 11) is 1.68. The van der Waals surface area contributed by atoms with Gasteiger partial charge in [-0.2, -0.15) is 0 Å². The van der Waals surface area contributed by atoms with E-state index in [-0.39, 0.29) is 5.91 Å². The number of imidazole rings is 1. The van der Waals surface area contributed by atoms with Crippen LogP contribution in [0.2, 0.25) is 0 Å². The normalized spacial score (nSPS) is 14.0. The number of fused-ring (bicyclic) bond motifs is 1. The summed E-state index contributed by atoms with van der Waals surface area (Å²) in [6.45, 7) is 5.87. The molecular weight excluding hydrogens is 360 g/mol. The number of para-hydroxylation sites is 1. The molecular formula is C20H22N4O2S. The van der Waals surface area contributed by atoms with E-state index in [1.165, 1.54) is 11.3 Å². The van der Waals surface area contributed by atoms with E-state index in [0.29, 0.717) is 19.6 Å². The highest BCUT2D eigenvalue weighted by Crippen LogP contribution is 2.31. The van der Waals surface area contributed by atoms with Crippen LogP contribution in [0.1, 0.15) is 26.2 Å². The van der Waals surface area contributed by atoms with Gasteiger partial charge < -0.3 is 14.2 Å². The summed E-state index contributed by atoms with van der Waals surface area (Å²) in [4.78, 5) is 24.6. The van der Waals surface area contributed by atoms with Gasteiger partial charge in [0, 0.05) is 31.6 Å². The highest BCUT2D eigenvalue weighted by atomic mass is 32.1. The fourth-order valence-electron chi connectivity index (χ4n) is 3.58. The van der Waals surface area contributed by atoms with Gasteiger partial charge in [0.25, 0.3) is 5.91 Å². The molecule has 0 aliphatic carbocycles. The zero-order valence-corrected chi connectivity index (χ0v) is 16.5. The average molecular weight is 382 g/mol. The van der Waals surface area contributed by atoms with Gasteiger partial charge in [-0.05, 0) is 26.0 Å². The minimum Gasteiger partial charge on any atom is -0.496 e. The van der Waals surface area contributed by atoms with Crippen LogP contribution in [0.15, 0.2) is 30.5 Å². The van der Waals surface area contributed by atoms with Crippen LogP contribution in [0, 0.1) is 13.8 Å². The molecule has 1 aliphatic rings. The Morgan fingerprint density at radius 1 is 1.19 bits per heavy atom. The van der Waals surface area contributed by atoms with Gasteiger partial charge in [-0.1, -0.05) is 12.1 Å². The van der Waals surface area contributed by atoms with Crippen LogP contribution in [-0.2, 0) is 13.0 Å². The number of benzene rings is 1. The zero-order chi connectivity index (χ0) is 19.0. The van der Waals surface area contributed by atoms with Crippen molar-refractivity contribution in [2.75, 3.05) is 20.2 Å². The Bertz CT molecular complexity index is 992. The zero-order valence-electron chi connectivity index (χ0n) is 15.7. The lowest BCUT2D eigenvalue weighted by molar-refractivity contribution is 0.0763. The molecule has 140 valence electrons. The summed E-state index contributed by atoms with van der Waals surface area (Å²) < 4.78 is 7.72. The third kappa shape index (κ3) is 3.23. The summed E-state index contributed by atoms with van der Waals surface area (Å²) >= 11 is 1.47. The number of methoxy groups -OCH3 is 1. The summed E-state index contributed by atoms with van der Waals surface area (Å²) in [5.41, 5.74) is 2.87. The highest BCUT2D eigenvalue weighted by molar-refractivity contribution is 7.13.